The van der Waals surface area contributed by atoms with Gasteiger partial charge in [-0.2, -0.15) is 0 Å². The second kappa shape index (κ2) is 5.75. The fourth-order valence-corrected chi connectivity index (χ4v) is 2.61. The van der Waals surface area contributed by atoms with Crippen LogP contribution in [0.25, 0.3) is 0 Å². The fraction of sp³-hybridized carbons (Fsp3) is 0.500. The summed E-state index contributed by atoms with van der Waals surface area (Å²) in [6.07, 6.45) is 0.305. The maximum atomic E-state index is 12.3. The first-order valence-corrected chi connectivity index (χ1v) is 7.09. The zero-order valence-corrected chi connectivity index (χ0v) is 12.3. The topological polar surface area (TPSA) is 49.4 Å². The van der Waals surface area contributed by atoms with Gasteiger partial charge < -0.3 is 5.32 Å². The minimum absolute atomic E-state index is 0.0111. The number of nitrogens with one attached hydrogen (secondary N) is 1. The van der Waals surface area contributed by atoms with Crippen LogP contribution in [0, 0.1) is 5.41 Å². The van der Waals surface area contributed by atoms with E-state index in [1.807, 2.05) is 51.1 Å². The molecule has 0 spiro atoms. The third kappa shape index (κ3) is 2.90. The maximum absolute atomic E-state index is 12.3. The molecule has 1 aliphatic heterocycles. The smallest absolute Gasteiger partial charge is 0.235 e. The van der Waals surface area contributed by atoms with Crippen LogP contribution in [0.5, 0.6) is 0 Å². The van der Waals surface area contributed by atoms with E-state index in [9.17, 15) is 9.59 Å². The van der Waals surface area contributed by atoms with E-state index in [4.69, 9.17) is 0 Å². The van der Waals surface area contributed by atoms with Gasteiger partial charge in [-0.25, -0.2) is 0 Å². The molecule has 1 aliphatic rings. The molecule has 0 saturated carbocycles. The van der Waals surface area contributed by atoms with Crippen LogP contribution in [0.2, 0.25) is 0 Å². The van der Waals surface area contributed by atoms with Gasteiger partial charge in [-0.15, -0.1) is 0 Å². The van der Waals surface area contributed by atoms with E-state index in [1.54, 1.807) is 0 Å². The van der Waals surface area contributed by atoms with E-state index >= 15 is 0 Å². The van der Waals surface area contributed by atoms with Gasteiger partial charge in [0.05, 0.1) is 11.5 Å². The molecule has 20 heavy (non-hydrogen) atoms. The summed E-state index contributed by atoms with van der Waals surface area (Å²) in [6, 6.07) is 9.92. The molecule has 1 unspecified atom stereocenters. The lowest BCUT2D eigenvalue weighted by molar-refractivity contribution is -0.141. The van der Waals surface area contributed by atoms with Gasteiger partial charge in [0, 0.05) is 13.0 Å². The molecule has 1 atom stereocenters. The average Bonchev–Trinajstić information content (AvgIpc) is 2.61. The van der Waals surface area contributed by atoms with E-state index in [1.165, 1.54) is 4.90 Å². The van der Waals surface area contributed by atoms with Crippen LogP contribution >= 0.6 is 0 Å². The Hall–Kier alpha value is -1.68. The summed E-state index contributed by atoms with van der Waals surface area (Å²) in [4.78, 5) is 25.7. The number of imide groups is 1. The molecule has 2 rings (SSSR count). The standard InChI is InChI=1S/C16H22N2O2/c1-4-17-13(12-8-6-5-7-9-12)11-18-14(19)10-16(2,3)15(18)20/h5-9,13,17H,4,10-11H2,1-3H3. The largest absolute Gasteiger partial charge is 0.309 e. The van der Waals surface area contributed by atoms with Crippen LogP contribution < -0.4 is 5.32 Å². The molecule has 0 aliphatic carbocycles. The number of hydrogen-bond acceptors (Lipinski definition) is 3. The zero-order chi connectivity index (χ0) is 14.8. The molecule has 1 aromatic rings. The quantitative estimate of drug-likeness (QED) is 0.837. The van der Waals surface area contributed by atoms with E-state index in [0.29, 0.717) is 13.0 Å². The highest BCUT2D eigenvalue weighted by molar-refractivity contribution is 6.05. The molecule has 4 nitrogen and oxygen atoms in total. The molecule has 1 heterocycles. The predicted molar refractivity (Wildman–Crippen MR) is 78.0 cm³/mol. The summed E-state index contributed by atoms with van der Waals surface area (Å²) in [7, 11) is 0. The van der Waals surface area contributed by atoms with Crippen molar-refractivity contribution in [2.45, 2.75) is 33.2 Å². The summed E-state index contributed by atoms with van der Waals surface area (Å²) in [5, 5.41) is 3.35. The summed E-state index contributed by atoms with van der Waals surface area (Å²) >= 11 is 0. The van der Waals surface area contributed by atoms with Gasteiger partial charge in [0.15, 0.2) is 0 Å². The Kier molecular flexibility index (Phi) is 4.23. The van der Waals surface area contributed by atoms with Crippen molar-refractivity contribution in [3.8, 4) is 0 Å². The minimum atomic E-state index is -0.565. The number of likely N-dealkylation sites (N-methyl/N-ethyl adjacent to an activating group) is 1. The lowest BCUT2D eigenvalue weighted by Gasteiger charge is -2.25. The Morgan fingerprint density at radius 1 is 1.25 bits per heavy atom. The summed E-state index contributed by atoms with van der Waals surface area (Å²) < 4.78 is 0. The molecule has 0 aromatic heterocycles. The van der Waals surface area contributed by atoms with Crippen LogP contribution in [-0.4, -0.2) is 29.8 Å². The van der Waals surface area contributed by atoms with Crippen molar-refractivity contribution in [1.29, 1.82) is 0 Å². The number of hydrogen-bond donors (Lipinski definition) is 1. The lowest BCUT2D eigenvalue weighted by Crippen LogP contribution is -2.40. The van der Waals surface area contributed by atoms with Gasteiger partial charge >= 0.3 is 0 Å². The molecule has 1 saturated heterocycles. The SMILES string of the molecule is CCNC(CN1C(=O)CC(C)(C)C1=O)c1ccccc1. The molecule has 0 bridgehead atoms. The van der Waals surface area contributed by atoms with Crippen molar-refractivity contribution in [2.24, 2.45) is 5.41 Å². The van der Waals surface area contributed by atoms with E-state index in [-0.39, 0.29) is 17.9 Å². The van der Waals surface area contributed by atoms with Crippen molar-refractivity contribution in [1.82, 2.24) is 10.2 Å². The maximum Gasteiger partial charge on any atom is 0.235 e. The van der Waals surface area contributed by atoms with Gasteiger partial charge in [0.25, 0.3) is 0 Å². The Morgan fingerprint density at radius 3 is 2.40 bits per heavy atom. The molecule has 0 radical (unpaired) electrons. The third-order valence-electron chi connectivity index (χ3n) is 3.74. The Morgan fingerprint density at radius 2 is 1.90 bits per heavy atom. The Bertz CT molecular complexity index is 496. The molecule has 1 fully saturated rings. The number of rotatable bonds is 5. The monoisotopic (exact) mass is 274 g/mol. The molecular formula is C16H22N2O2. The first-order chi connectivity index (χ1) is 9.45. The van der Waals surface area contributed by atoms with Crippen LogP contribution in [0.3, 0.4) is 0 Å². The highest BCUT2D eigenvalue weighted by atomic mass is 16.2. The van der Waals surface area contributed by atoms with Crippen molar-refractivity contribution in [3.63, 3.8) is 0 Å². The number of likely N-dealkylation sites (tertiary alicyclic amines) is 1. The van der Waals surface area contributed by atoms with Crippen LogP contribution in [-0.2, 0) is 9.59 Å². The fourth-order valence-electron chi connectivity index (χ4n) is 2.61. The van der Waals surface area contributed by atoms with Crippen molar-refractivity contribution >= 4 is 11.8 Å². The predicted octanol–water partition coefficient (Wildman–Crippen LogP) is 2.12. The number of carbonyl (C=O) groups excluding carboxylic acids is 2. The van der Waals surface area contributed by atoms with E-state index < -0.39 is 5.41 Å². The zero-order valence-electron chi connectivity index (χ0n) is 12.3. The van der Waals surface area contributed by atoms with Gasteiger partial charge in [0.2, 0.25) is 11.8 Å². The van der Waals surface area contributed by atoms with Gasteiger partial charge in [0.1, 0.15) is 0 Å². The second-order valence-electron chi connectivity index (χ2n) is 5.89. The summed E-state index contributed by atoms with van der Waals surface area (Å²) in [5.41, 5.74) is 0.532. The minimum Gasteiger partial charge on any atom is -0.309 e. The molecule has 4 heteroatoms. The molecular weight excluding hydrogens is 252 g/mol. The first kappa shape index (κ1) is 14.7. The number of nitrogens with zero attached hydrogens (tertiary/aromatic N) is 1. The summed E-state index contributed by atoms with van der Waals surface area (Å²) in [5.74, 6) is -0.139. The van der Waals surface area contributed by atoms with Crippen molar-refractivity contribution in [3.05, 3.63) is 35.9 Å². The molecule has 1 N–H and O–H groups in total. The van der Waals surface area contributed by atoms with E-state index in [2.05, 4.69) is 5.32 Å². The van der Waals surface area contributed by atoms with Gasteiger partial charge in [-0.3, -0.25) is 14.5 Å². The van der Waals surface area contributed by atoms with E-state index in [0.717, 1.165) is 12.1 Å². The van der Waals surface area contributed by atoms with Gasteiger partial charge in [-0.1, -0.05) is 51.1 Å². The highest BCUT2D eigenvalue weighted by Crippen LogP contribution is 2.32. The molecule has 108 valence electrons. The van der Waals surface area contributed by atoms with Crippen molar-refractivity contribution < 1.29 is 9.59 Å². The number of benzene rings is 1. The first-order valence-electron chi connectivity index (χ1n) is 7.09. The highest BCUT2D eigenvalue weighted by Gasteiger charge is 2.45. The lowest BCUT2D eigenvalue weighted by atomic mass is 9.92. The Labute approximate surface area is 120 Å². The normalized spacial score (nSPS) is 19.4. The number of carbonyl (C=O) groups is 2. The second-order valence-corrected chi connectivity index (χ2v) is 5.89. The van der Waals surface area contributed by atoms with Crippen LogP contribution in [0.1, 0.15) is 38.8 Å². The van der Waals surface area contributed by atoms with Crippen LogP contribution in [0.4, 0.5) is 0 Å². The molecule has 2 amide bonds. The summed E-state index contributed by atoms with van der Waals surface area (Å²) in [6.45, 7) is 6.88. The molecule has 1 aromatic carbocycles. The average molecular weight is 274 g/mol. The van der Waals surface area contributed by atoms with Crippen molar-refractivity contribution in [2.75, 3.05) is 13.1 Å². The Balaban J connectivity index is 2.17. The third-order valence-corrected chi connectivity index (χ3v) is 3.74. The number of amides is 2. The van der Waals surface area contributed by atoms with Crippen LogP contribution in [0.15, 0.2) is 30.3 Å². The van der Waals surface area contributed by atoms with Gasteiger partial charge in [-0.05, 0) is 12.1 Å².